The van der Waals surface area contributed by atoms with Crippen molar-refractivity contribution in [1.82, 2.24) is 5.48 Å². The van der Waals surface area contributed by atoms with Crippen LogP contribution in [0.5, 0.6) is 0 Å². The van der Waals surface area contributed by atoms with Crippen molar-refractivity contribution in [2.45, 2.75) is 38.5 Å². The Hall–Kier alpha value is -0.920. The van der Waals surface area contributed by atoms with Crippen molar-refractivity contribution in [3.8, 4) is 0 Å². The Balaban J connectivity index is 4.47. The molecule has 8 heteroatoms. The Labute approximate surface area is 82.5 Å². The number of hydroxylamine groups is 1. The van der Waals surface area contributed by atoms with E-state index in [0.717, 1.165) is 5.48 Å². The molecule has 0 rings (SSSR count). The van der Waals surface area contributed by atoms with Gasteiger partial charge in [0.25, 0.3) is 0 Å². The van der Waals surface area contributed by atoms with Crippen LogP contribution in [0.4, 0.5) is 22.0 Å². The number of hydrogen-bond acceptors (Lipinski definition) is 2. The van der Waals surface area contributed by atoms with Gasteiger partial charge in [-0.15, -0.1) is 0 Å². The molecule has 0 unspecified atom stereocenters. The first kappa shape index (κ1) is 14.1. The largest absolute Gasteiger partial charge is 0.463 e. The van der Waals surface area contributed by atoms with Gasteiger partial charge in [0.2, 0.25) is 0 Å². The minimum absolute atomic E-state index is 1.06. The van der Waals surface area contributed by atoms with Gasteiger partial charge in [-0.25, -0.2) is 5.48 Å². The molecule has 0 saturated heterocycles. The summed E-state index contributed by atoms with van der Waals surface area (Å²) >= 11 is 0. The summed E-state index contributed by atoms with van der Waals surface area (Å²) in [5.41, 5.74) is 0.00229. The number of alkyl halides is 5. The van der Waals surface area contributed by atoms with Crippen molar-refractivity contribution in [2.24, 2.45) is 0 Å². The first-order valence-corrected chi connectivity index (χ1v) is 3.81. The molecule has 0 saturated carbocycles. The Morgan fingerprint density at radius 3 is 1.73 bits per heavy atom. The van der Waals surface area contributed by atoms with Crippen LogP contribution < -0.4 is 5.48 Å². The SMILES string of the molecule is CC(C)(C)ONC(=O)C(F)(F)C(F)(F)F. The van der Waals surface area contributed by atoms with E-state index >= 15 is 0 Å². The molecule has 1 amide bonds. The van der Waals surface area contributed by atoms with E-state index in [1.807, 2.05) is 0 Å². The maximum Gasteiger partial charge on any atom is 0.463 e. The van der Waals surface area contributed by atoms with Gasteiger partial charge in [0.1, 0.15) is 0 Å². The van der Waals surface area contributed by atoms with E-state index in [0.29, 0.717) is 0 Å². The minimum atomic E-state index is -5.93. The van der Waals surface area contributed by atoms with Crippen molar-refractivity contribution >= 4 is 5.91 Å². The van der Waals surface area contributed by atoms with Crippen LogP contribution in [0.1, 0.15) is 20.8 Å². The summed E-state index contributed by atoms with van der Waals surface area (Å²) in [5.74, 6) is -8.00. The lowest BCUT2D eigenvalue weighted by atomic mass is 10.2. The predicted molar refractivity (Wildman–Crippen MR) is 40.0 cm³/mol. The molecule has 0 fully saturated rings. The van der Waals surface area contributed by atoms with Gasteiger partial charge in [0.15, 0.2) is 0 Å². The zero-order chi connectivity index (χ0) is 12.5. The fourth-order valence-electron chi connectivity index (χ4n) is 0.392. The molecule has 1 N–H and O–H groups in total. The first-order valence-electron chi connectivity index (χ1n) is 3.81. The molecule has 0 aliphatic heterocycles. The second kappa shape index (κ2) is 3.92. The zero-order valence-electron chi connectivity index (χ0n) is 8.21. The molecule has 0 atom stereocenters. The van der Waals surface area contributed by atoms with Crippen LogP contribution in [-0.2, 0) is 9.63 Å². The summed E-state index contributed by atoms with van der Waals surface area (Å²) in [6, 6.07) is 0. The lowest BCUT2D eigenvalue weighted by molar-refractivity contribution is -0.275. The highest BCUT2D eigenvalue weighted by Crippen LogP contribution is 2.35. The quantitative estimate of drug-likeness (QED) is 0.587. The van der Waals surface area contributed by atoms with Gasteiger partial charge >= 0.3 is 18.0 Å². The topological polar surface area (TPSA) is 38.3 Å². The highest BCUT2D eigenvalue weighted by molar-refractivity contribution is 5.83. The number of hydrogen-bond donors (Lipinski definition) is 1. The molecule has 3 nitrogen and oxygen atoms in total. The summed E-state index contributed by atoms with van der Waals surface area (Å²) in [5, 5.41) is 0. The monoisotopic (exact) mass is 235 g/mol. The maximum absolute atomic E-state index is 12.3. The average molecular weight is 235 g/mol. The fourth-order valence-corrected chi connectivity index (χ4v) is 0.392. The Morgan fingerprint density at radius 1 is 1.07 bits per heavy atom. The number of nitrogens with one attached hydrogen (secondary N) is 1. The van der Waals surface area contributed by atoms with Crippen LogP contribution >= 0.6 is 0 Å². The van der Waals surface area contributed by atoms with Crippen molar-refractivity contribution < 1.29 is 31.6 Å². The Bertz CT molecular complexity index is 243. The molecule has 0 aromatic heterocycles. The molecular formula is C7H10F5NO2. The van der Waals surface area contributed by atoms with E-state index in [-0.39, 0.29) is 0 Å². The van der Waals surface area contributed by atoms with Crippen LogP contribution in [0.15, 0.2) is 0 Å². The van der Waals surface area contributed by atoms with Crippen molar-refractivity contribution in [1.29, 1.82) is 0 Å². The molecule has 0 aromatic rings. The lowest BCUT2D eigenvalue weighted by Crippen LogP contribution is -2.51. The van der Waals surface area contributed by atoms with Crippen LogP contribution in [0.2, 0.25) is 0 Å². The van der Waals surface area contributed by atoms with E-state index in [4.69, 9.17) is 0 Å². The van der Waals surface area contributed by atoms with Crippen molar-refractivity contribution in [2.75, 3.05) is 0 Å². The summed E-state index contributed by atoms with van der Waals surface area (Å²) < 4.78 is 59.5. The second-order valence-corrected chi connectivity index (χ2v) is 3.72. The van der Waals surface area contributed by atoms with E-state index in [9.17, 15) is 26.7 Å². The Kier molecular flexibility index (Phi) is 3.67. The molecule has 0 aliphatic rings. The van der Waals surface area contributed by atoms with Gasteiger partial charge in [-0.3, -0.25) is 9.63 Å². The van der Waals surface area contributed by atoms with Gasteiger partial charge in [-0.1, -0.05) is 0 Å². The van der Waals surface area contributed by atoms with Crippen molar-refractivity contribution in [3.05, 3.63) is 0 Å². The summed E-state index contributed by atoms with van der Waals surface area (Å²) in [7, 11) is 0. The molecule has 0 bridgehead atoms. The van der Waals surface area contributed by atoms with Crippen LogP contribution in [-0.4, -0.2) is 23.6 Å². The highest BCUT2D eigenvalue weighted by Gasteiger charge is 2.63. The van der Waals surface area contributed by atoms with E-state index in [2.05, 4.69) is 4.84 Å². The van der Waals surface area contributed by atoms with Gasteiger partial charge in [0.05, 0.1) is 5.60 Å². The second-order valence-electron chi connectivity index (χ2n) is 3.72. The number of halogens is 5. The summed E-state index contributed by atoms with van der Waals surface area (Å²) in [6.45, 7) is 4.12. The van der Waals surface area contributed by atoms with Crippen LogP contribution in [0.25, 0.3) is 0 Å². The van der Waals surface area contributed by atoms with Gasteiger partial charge in [-0.05, 0) is 20.8 Å². The fraction of sp³-hybridized carbons (Fsp3) is 0.857. The van der Waals surface area contributed by atoms with E-state index in [1.165, 1.54) is 20.8 Å². The summed E-state index contributed by atoms with van der Waals surface area (Å²) in [4.78, 5) is 14.7. The smallest absolute Gasteiger partial charge is 0.268 e. The molecular weight excluding hydrogens is 225 g/mol. The molecule has 0 spiro atoms. The normalized spacial score (nSPS) is 13.9. The number of rotatable bonds is 2. The first-order chi connectivity index (χ1) is 6.38. The zero-order valence-corrected chi connectivity index (χ0v) is 8.21. The highest BCUT2D eigenvalue weighted by atomic mass is 19.4. The average Bonchev–Trinajstić information content (AvgIpc) is 1.96. The molecule has 0 radical (unpaired) electrons. The van der Waals surface area contributed by atoms with Gasteiger partial charge < -0.3 is 0 Å². The third-order valence-electron chi connectivity index (χ3n) is 1.09. The number of carbonyl (C=O) groups excluding carboxylic acids is 1. The van der Waals surface area contributed by atoms with E-state index in [1.54, 1.807) is 0 Å². The predicted octanol–water partition coefficient (Wildman–Crippen LogP) is 2.03. The van der Waals surface area contributed by atoms with Crippen molar-refractivity contribution in [3.63, 3.8) is 0 Å². The standard InChI is InChI=1S/C7H10F5NO2/c1-5(2,3)15-13-4(14)6(8,9)7(10,11)12/h1-3H3,(H,13,14). The molecule has 90 valence electrons. The number of carbonyl (C=O) groups is 1. The molecule has 15 heavy (non-hydrogen) atoms. The molecule has 0 aromatic carbocycles. The maximum atomic E-state index is 12.3. The minimum Gasteiger partial charge on any atom is -0.268 e. The van der Waals surface area contributed by atoms with Crippen LogP contribution in [0, 0.1) is 0 Å². The van der Waals surface area contributed by atoms with Gasteiger partial charge in [-0.2, -0.15) is 22.0 Å². The summed E-state index contributed by atoms with van der Waals surface area (Å²) in [6.07, 6.45) is -5.93. The molecule has 0 heterocycles. The van der Waals surface area contributed by atoms with E-state index < -0.39 is 23.6 Å². The Morgan fingerprint density at radius 2 is 1.47 bits per heavy atom. The van der Waals surface area contributed by atoms with Gasteiger partial charge in [0, 0.05) is 0 Å². The lowest BCUT2D eigenvalue weighted by Gasteiger charge is -2.23. The van der Waals surface area contributed by atoms with Crippen LogP contribution in [0.3, 0.4) is 0 Å². The third-order valence-corrected chi connectivity index (χ3v) is 1.09. The third kappa shape index (κ3) is 3.98. The molecule has 0 aliphatic carbocycles. The number of amides is 1.